The molecule has 4 aromatic rings. The molecule has 0 radical (unpaired) electrons. The van der Waals surface area contributed by atoms with E-state index in [1.165, 1.54) is 18.2 Å². The van der Waals surface area contributed by atoms with Gasteiger partial charge in [0.05, 0.1) is 26.2 Å². The number of hydrogen-bond donors (Lipinski definition) is 1. The van der Waals surface area contributed by atoms with Crippen LogP contribution in [0.5, 0.6) is 11.9 Å². The Morgan fingerprint density at radius 1 is 1.12 bits per heavy atom. The molecule has 15 heteroatoms. The number of ether oxygens (including phenoxy) is 2. The Morgan fingerprint density at radius 3 is 2.69 bits per heavy atom. The summed E-state index contributed by atoms with van der Waals surface area (Å²) < 4.78 is 58.6. The highest BCUT2D eigenvalue weighted by atomic mass is 35.5. The highest BCUT2D eigenvalue weighted by Gasteiger charge is 2.49. The molecular formula is C33H35ClF3N7O3S. The van der Waals surface area contributed by atoms with Gasteiger partial charge in [-0.05, 0) is 50.9 Å². The standard InChI is InChI=1S/C33H35ClF3N7O3S/c1-17-5-12-44(17)32(45)42-10-6-19(7-11-42)47-29-21-13-22(34)24(20-3-4-23(36)28-27(20)39-30(38)48-28)25(37)26(21)40-31(41-29)46-16-33-8-2-9-43(33)15-18(35)14-33/h3-4,13,17-19H,2,5-12,14-16H2,1H3,(H2,38,39)/t17-,18-,33+/m1/s1. The first-order chi connectivity index (χ1) is 23.1. The molecule has 0 unspecified atom stereocenters. The molecule has 10 nitrogen and oxygen atoms in total. The van der Waals surface area contributed by atoms with Gasteiger partial charge >= 0.3 is 12.0 Å². The van der Waals surface area contributed by atoms with E-state index in [0.717, 1.165) is 43.7 Å². The van der Waals surface area contributed by atoms with E-state index in [4.69, 9.17) is 26.8 Å². The van der Waals surface area contributed by atoms with Gasteiger partial charge in [0.25, 0.3) is 0 Å². The van der Waals surface area contributed by atoms with Crippen molar-refractivity contribution >= 4 is 55.2 Å². The molecule has 0 spiro atoms. The lowest BCUT2D eigenvalue weighted by Crippen LogP contribution is -2.56. The van der Waals surface area contributed by atoms with Crippen molar-refractivity contribution in [3.05, 3.63) is 34.9 Å². The third-order valence-electron chi connectivity index (χ3n) is 10.4. The second-order valence-electron chi connectivity index (χ2n) is 13.4. The van der Waals surface area contributed by atoms with Gasteiger partial charge in [0, 0.05) is 62.6 Å². The number of fused-ring (bicyclic) bond motifs is 3. The van der Waals surface area contributed by atoms with Crippen LogP contribution >= 0.6 is 22.9 Å². The maximum absolute atomic E-state index is 16.7. The molecule has 2 amide bonds. The molecule has 0 saturated carbocycles. The highest BCUT2D eigenvalue weighted by Crippen LogP contribution is 2.44. The van der Waals surface area contributed by atoms with E-state index in [1.54, 1.807) is 0 Å². The summed E-state index contributed by atoms with van der Waals surface area (Å²) in [5.41, 5.74) is 5.77. The second kappa shape index (κ2) is 12.1. The van der Waals surface area contributed by atoms with Crippen molar-refractivity contribution in [1.29, 1.82) is 0 Å². The third-order valence-corrected chi connectivity index (χ3v) is 11.6. The number of aromatic nitrogens is 3. The van der Waals surface area contributed by atoms with Crippen LogP contribution in [0.15, 0.2) is 18.2 Å². The van der Waals surface area contributed by atoms with E-state index >= 15 is 4.39 Å². The Balaban J connectivity index is 1.15. The van der Waals surface area contributed by atoms with Gasteiger partial charge in [0.2, 0.25) is 5.88 Å². The maximum atomic E-state index is 16.7. The third kappa shape index (κ3) is 5.36. The van der Waals surface area contributed by atoms with Crippen LogP contribution in [0.2, 0.25) is 5.02 Å². The predicted molar refractivity (Wildman–Crippen MR) is 177 cm³/mol. The maximum Gasteiger partial charge on any atom is 0.320 e. The summed E-state index contributed by atoms with van der Waals surface area (Å²) >= 11 is 7.72. The molecule has 8 rings (SSSR count). The molecule has 254 valence electrons. The number of anilines is 1. The first kappa shape index (κ1) is 31.6. The highest BCUT2D eigenvalue weighted by molar-refractivity contribution is 7.22. The van der Waals surface area contributed by atoms with Crippen molar-refractivity contribution < 1.29 is 27.4 Å². The van der Waals surface area contributed by atoms with E-state index in [0.29, 0.717) is 38.9 Å². The number of carbonyl (C=O) groups is 1. The van der Waals surface area contributed by atoms with Crippen molar-refractivity contribution in [1.82, 2.24) is 29.7 Å². The SMILES string of the molecule is C[C@@H]1CCN1C(=O)N1CCC(Oc2nc(OC[C@@]34CCCN3C[C@H](F)C4)nc3c(F)c(-c4ccc(F)c5sc(N)nc45)c(Cl)cc23)CC1. The number of nitrogens with two attached hydrogens (primary N) is 1. The van der Waals surface area contributed by atoms with Crippen LogP contribution < -0.4 is 15.2 Å². The number of hydrogen-bond acceptors (Lipinski definition) is 9. The molecule has 3 atom stereocenters. The second-order valence-corrected chi connectivity index (χ2v) is 14.8. The Hall–Kier alpha value is -3.62. The fourth-order valence-corrected chi connectivity index (χ4v) is 8.75. The van der Waals surface area contributed by atoms with Gasteiger partial charge in [-0.25, -0.2) is 22.9 Å². The summed E-state index contributed by atoms with van der Waals surface area (Å²) in [4.78, 5) is 32.1. The van der Waals surface area contributed by atoms with Gasteiger partial charge in [0.15, 0.2) is 10.9 Å². The number of piperidine rings is 1. The molecule has 2 aromatic heterocycles. The minimum Gasteiger partial charge on any atom is -0.474 e. The fraction of sp³-hybridized carbons (Fsp3) is 0.515. The molecule has 4 aliphatic rings. The van der Waals surface area contributed by atoms with E-state index in [9.17, 15) is 13.6 Å². The van der Waals surface area contributed by atoms with Gasteiger partial charge in [-0.3, -0.25) is 4.90 Å². The minimum atomic E-state index is -0.943. The smallest absolute Gasteiger partial charge is 0.320 e. The summed E-state index contributed by atoms with van der Waals surface area (Å²) in [6.07, 6.45) is 2.93. The minimum absolute atomic E-state index is 0.0151. The first-order valence-electron chi connectivity index (χ1n) is 16.4. The van der Waals surface area contributed by atoms with E-state index < -0.39 is 23.3 Å². The molecule has 0 aliphatic carbocycles. The average molecular weight is 702 g/mol. The van der Waals surface area contributed by atoms with Crippen molar-refractivity contribution in [2.75, 3.05) is 45.1 Å². The topological polar surface area (TPSA) is 110 Å². The lowest BCUT2D eigenvalue weighted by Gasteiger charge is -2.43. The van der Waals surface area contributed by atoms with Crippen LogP contribution in [-0.2, 0) is 0 Å². The molecule has 2 aromatic carbocycles. The molecule has 48 heavy (non-hydrogen) atoms. The monoisotopic (exact) mass is 701 g/mol. The fourth-order valence-electron chi connectivity index (χ4n) is 7.70. The molecule has 0 bridgehead atoms. The van der Waals surface area contributed by atoms with Crippen LogP contribution in [0.4, 0.5) is 23.1 Å². The average Bonchev–Trinajstić information content (AvgIpc) is 3.73. The Morgan fingerprint density at radius 2 is 1.94 bits per heavy atom. The number of thiazole rings is 1. The quantitative estimate of drug-likeness (QED) is 0.245. The molecule has 2 N–H and O–H groups in total. The number of nitrogen functional groups attached to an aromatic ring is 1. The summed E-state index contributed by atoms with van der Waals surface area (Å²) in [6, 6.07) is 4.36. The Labute approximate surface area is 284 Å². The molecule has 4 saturated heterocycles. The summed E-state index contributed by atoms with van der Waals surface area (Å²) in [5.74, 6) is -1.20. The summed E-state index contributed by atoms with van der Waals surface area (Å²) in [6.45, 7) is 5.13. The number of carbonyl (C=O) groups excluding carboxylic acids is 1. The molecule has 6 heterocycles. The normalized spacial score (nSPS) is 24.8. The van der Waals surface area contributed by atoms with E-state index in [2.05, 4.69) is 19.9 Å². The van der Waals surface area contributed by atoms with E-state index in [1.807, 2.05) is 16.7 Å². The van der Waals surface area contributed by atoms with Gasteiger partial charge < -0.3 is 25.0 Å². The molecule has 4 fully saturated rings. The van der Waals surface area contributed by atoms with Crippen LogP contribution in [0, 0.1) is 11.6 Å². The lowest BCUT2D eigenvalue weighted by molar-refractivity contribution is 0.0640. The van der Waals surface area contributed by atoms with Crippen molar-refractivity contribution in [3.8, 4) is 23.0 Å². The molecule has 4 aliphatic heterocycles. The van der Waals surface area contributed by atoms with Gasteiger partial charge in [-0.2, -0.15) is 9.97 Å². The van der Waals surface area contributed by atoms with Crippen molar-refractivity contribution in [2.45, 2.75) is 69.3 Å². The number of likely N-dealkylation sites (tertiary alicyclic amines) is 2. The zero-order chi connectivity index (χ0) is 33.3. The Kier molecular flexibility index (Phi) is 7.95. The number of alkyl halides is 1. The lowest BCUT2D eigenvalue weighted by atomic mass is 9.95. The largest absolute Gasteiger partial charge is 0.474 e. The van der Waals surface area contributed by atoms with Crippen LogP contribution in [-0.4, -0.2) is 98.9 Å². The zero-order valence-electron chi connectivity index (χ0n) is 26.4. The van der Waals surface area contributed by atoms with Gasteiger partial charge in [-0.15, -0.1) is 0 Å². The number of halogens is 4. The summed E-state index contributed by atoms with van der Waals surface area (Å²) in [5, 5.41) is 0.409. The number of benzene rings is 2. The number of nitrogens with zero attached hydrogens (tertiary/aromatic N) is 6. The van der Waals surface area contributed by atoms with Gasteiger partial charge in [-0.1, -0.05) is 22.9 Å². The van der Waals surface area contributed by atoms with Gasteiger partial charge in [0.1, 0.15) is 30.2 Å². The van der Waals surface area contributed by atoms with Crippen LogP contribution in [0.1, 0.15) is 45.4 Å². The zero-order valence-corrected chi connectivity index (χ0v) is 27.9. The first-order valence-corrected chi connectivity index (χ1v) is 17.6. The van der Waals surface area contributed by atoms with Crippen LogP contribution in [0.25, 0.3) is 32.2 Å². The molecular weight excluding hydrogens is 667 g/mol. The summed E-state index contributed by atoms with van der Waals surface area (Å²) in [7, 11) is 0. The Bertz CT molecular complexity index is 1920. The van der Waals surface area contributed by atoms with Crippen molar-refractivity contribution in [3.63, 3.8) is 0 Å². The van der Waals surface area contributed by atoms with E-state index in [-0.39, 0.29) is 79.1 Å². The van der Waals surface area contributed by atoms with Crippen molar-refractivity contribution in [2.24, 2.45) is 0 Å². The van der Waals surface area contributed by atoms with Crippen LogP contribution in [0.3, 0.4) is 0 Å². The number of amides is 2. The predicted octanol–water partition coefficient (Wildman–Crippen LogP) is 6.43. The number of urea groups is 1. The number of rotatable bonds is 6.